The number of methoxy groups -OCH3 is 1. The molecule has 0 unspecified atom stereocenters. The van der Waals surface area contributed by atoms with Gasteiger partial charge in [0.05, 0.1) is 17.7 Å². The first-order valence-corrected chi connectivity index (χ1v) is 11.3. The first-order valence-electron chi connectivity index (χ1n) is 9.46. The fourth-order valence-corrected chi connectivity index (χ4v) is 3.99. The van der Waals surface area contributed by atoms with E-state index < -0.39 is 27.8 Å². The predicted octanol–water partition coefficient (Wildman–Crippen LogP) is 1.80. The number of hydrogen-bond donors (Lipinski definition) is 2. The highest BCUT2D eigenvalue weighted by atomic mass is 35.5. The lowest BCUT2D eigenvalue weighted by atomic mass is 10.2. The Labute approximate surface area is 190 Å². The second-order valence-electron chi connectivity index (χ2n) is 6.31. The van der Waals surface area contributed by atoms with Crippen LogP contribution in [0.3, 0.4) is 0 Å². The molecule has 12 heteroatoms. The second kappa shape index (κ2) is 11.6. The number of nitrogens with one attached hydrogen (secondary N) is 2. The van der Waals surface area contributed by atoms with Crippen LogP contribution >= 0.6 is 11.6 Å². The highest BCUT2D eigenvalue weighted by Gasteiger charge is 2.23. The molecular weight excluding hydrogens is 462 g/mol. The van der Waals surface area contributed by atoms with Gasteiger partial charge in [0.2, 0.25) is 0 Å². The average Bonchev–Trinajstić information content (AvgIpc) is 2.77. The number of aromatic nitrogens is 1. The molecule has 0 spiro atoms. The number of sulfonamides is 1. The van der Waals surface area contributed by atoms with E-state index in [9.17, 15) is 22.8 Å². The van der Waals surface area contributed by atoms with E-state index >= 15 is 0 Å². The third-order valence-electron chi connectivity index (χ3n) is 4.09. The van der Waals surface area contributed by atoms with Crippen molar-refractivity contribution in [3.63, 3.8) is 0 Å². The molecule has 172 valence electrons. The van der Waals surface area contributed by atoms with Crippen molar-refractivity contribution in [2.24, 2.45) is 0 Å². The third kappa shape index (κ3) is 6.74. The minimum Gasteiger partial charge on any atom is -0.464 e. The van der Waals surface area contributed by atoms with Crippen molar-refractivity contribution in [1.82, 2.24) is 15.0 Å². The molecule has 10 nitrogen and oxygen atoms in total. The Morgan fingerprint density at radius 1 is 1.09 bits per heavy atom. The van der Waals surface area contributed by atoms with E-state index in [4.69, 9.17) is 16.3 Å². The second-order valence-corrected chi connectivity index (χ2v) is 8.37. The van der Waals surface area contributed by atoms with E-state index in [1.165, 1.54) is 31.4 Å². The van der Waals surface area contributed by atoms with Gasteiger partial charge < -0.3 is 14.8 Å². The molecule has 1 aromatic carbocycles. The number of pyridine rings is 1. The van der Waals surface area contributed by atoms with Crippen LogP contribution in [0, 0.1) is 0 Å². The van der Waals surface area contributed by atoms with Gasteiger partial charge in [-0.25, -0.2) is 22.9 Å². The first-order chi connectivity index (χ1) is 15.2. The third-order valence-corrected chi connectivity index (χ3v) is 5.90. The average molecular weight is 484 g/mol. The van der Waals surface area contributed by atoms with Gasteiger partial charge in [-0.05, 0) is 43.7 Å². The summed E-state index contributed by atoms with van der Waals surface area (Å²) in [5.74, 6) is -2.09. The van der Waals surface area contributed by atoms with Gasteiger partial charge in [-0.15, -0.1) is 0 Å². The van der Waals surface area contributed by atoms with Crippen molar-refractivity contribution in [1.29, 1.82) is 0 Å². The zero-order valence-corrected chi connectivity index (χ0v) is 19.0. The molecule has 0 aliphatic carbocycles. The van der Waals surface area contributed by atoms with E-state index in [-0.39, 0.29) is 26.7 Å². The maximum Gasteiger partial charge on any atom is 0.356 e. The Bertz CT molecular complexity index is 1090. The molecule has 1 heterocycles. The number of rotatable bonds is 10. The summed E-state index contributed by atoms with van der Waals surface area (Å²) in [6, 6.07) is 6.07. The Kier molecular flexibility index (Phi) is 9.12. The lowest BCUT2D eigenvalue weighted by Crippen LogP contribution is -2.31. The lowest BCUT2D eigenvalue weighted by Gasteiger charge is -2.10. The number of carbonyl (C=O) groups is 3. The molecule has 0 saturated carbocycles. The molecule has 2 rings (SSSR count). The minimum atomic E-state index is -4.34. The van der Waals surface area contributed by atoms with E-state index in [2.05, 4.69) is 15.0 Å². The summed E-state index contributed by atoms with van der Waals surface area (Å²) in [5.41, 5.74) is 0.0291. The van der Waals surface area contributed by atoms with Crippen LogP contribution in [0.4, 0.5) is 0 Å². The van der Waals surface area contributed by atoms with E-state index in [1.807, 2.05) is 11.6 Å². The lowest BCUT2D eigenvalue weighted by molar-refractivity contribution is 0.0593. The van der Waals surface area contributed by atoms with Crippen molar-refractivity contribution < 1.29 is 32.3 Å². The quantitative estimate of drug-likeness (QED) is 0.385. The predicted molar refractivity (Wildman–Crippen MR) is 115 cm³/mol. The van der Waals surface area contributed by atoms with Gasteiger partial charge in [0.15, 0.2) is 0 Å². The van der Waals surface area contributed by atoms with Crippen molar-refractivity contribution >= 4 is 39.4 Å². The summed E-state index contributed by atoms with van der Waals surface area (Å²) in [6.07, 6.45) is 1.67. The van der Waals surface area contributed by atoms with E-state index in [1.54, 1.807) is 0 Å². The fourth-order valence-electron chi connectivity index (χ4n) is 2.47. The summed E-state index contributed by atoms with van der Waals surface area (Å²) in [6.45, 7) is 3.35. The van der Waals surface area contributed by atoms with Crippen molar-refractivity contribution in [2.75, 3.05) is 26.9 Å². The standard InChI is InChI=1S/C20H22ClN3O7S/c1-3-31-10-4-9-22-18(25)13-6-8-17(15(21)11-13)32(28,29)24-19(26)14-5-7-16(23-12-14)20(27)30-2/h5-8,11-12H,3-4,9-10H2,1-2H3,(H,22,25)(H,24,26). The van der Waals surface area contributed by atoms with Crippen LogP contribution in [-0.4, -0.2) is 58.1 Å². The Balaban J connectivity index is 2.07. The van der Waals surface area contributed by atoms with Crippen molar-refractivity contribution in [3.8, 4) is 0 Å². The van der Waals surface area contributed by atoms with Crippen LogP contribution in [0.5, 0.6) is 0 Å². The molecule has 0 radical (unpaired) electrons. The molecule has 0 bridgehead atoms. The fraction of sp³-hybridized carbons (Fsp3) is 0.300. The monoisotopic (exact) mass is 483 g/mol. The van der Waals surface area contributed by atoms with Crippen molar-refractivity contribution in [2.45, 2.75) is 18.2 Å². The van der Waals surface area contributed by atoms with Gasteiger partial charge in [0.25, 0.3) is 21.8 Å². The van der Waals surface area contributed by atoms with Gasteiger partial charge in [-0.3, -0.25) is 9.59 Å². The zero-order chi connectivity index (χ0) is 23.7. The number of benzene rings is 1. The van der Waals surface area contributed by atoms with Gasteiger partial charge >= 0.3 is 5.97 Å². The van der Waals surface area contributed by atoms with Crippen LogP contribution in [-0.2, 0) is 19.5 Å². The molecule has 2 aromatic rings. The van der Waals surface area contributed by atoms with Crippen LogP contribution in [0.25, 0.3) is 0 Å². The minimum absolute atomic E-state index is 0.0401. The molecule has 0 atom stereocenters. The Hall–Kier alpha value is -3.02. The summed E-state index contributed by atoms with van der Waals surface area (Å²) < 4.78 is 36.7. The molecule has 0 aliphatic heterocycles. The first kappa shape index (κ1) is 25.2. The Morgan fingerprint density at radius 3 is 2.41 bits per heavy atom. The molecule has 0 saturated heterocycles. The molecule has 0 aliphatic rings. The number of amides is 2. The van der Waals surface area contributed by atoms with Gasteiger partial charge in [0, 0.05) is 31.5 Å². The highest BCUT2D eigenvalue weighted by Crippen LogP contribution is 2.23. The maximum absolute atomic E-state index is 12.6. The normalized spacial score (nSPS) is 11.0. The van der Waals surface area contributed by atoms with Crippen LogP contribution in [0.15, 0.2) is 41.4 Å². The van der Waals surface area contributed by atoms with E-state index in [0.717, 1.165) is 12.3 Å². The number of ether oxygens (including phenoxy) is 2. The zero-order valence-electron chi connectivity index (χ0n) is 17.4. The number of hydrogen-bond acceptors (Lipinski definition) is 8. The number of esters is 1. The van der Waals surface area contributed by atoms with Crippen LogP contribution in [0.1, 0.15) is 44.5 Å². The molecular formula is C20H22ClN3O7S. The largest absolute Gasteiger partial charge is 0.464 e. The molecule has 0 fully saturated rings. The highest BCUT2D eigenvalue weighted by molar-refractivity contribution is 7.90. The summed E-state index contributed by atoms with van der Waals surface area (Å²) in [5, 5.41) is 2.45. The smallest absolute Gasteiger partial charge is 0.356 e. The summed E-state index contributed by atoms with van der Waals surface area (Å²) >= 11 is 6.07. The van der Waals surface area contributed by atoms with E-state index in [0.29, 0.717) is 26.2 Å². The number of halogens is 1. The molecule has 1 aromatic heterocycles. The maximum atomic E-state index is 12.6. The van der Waals surface area contributed by atoms with Crippen LogP contribution in [0.2, 0.25) is 5.02 Å². The topological polar surface area (TPSA) is 141 Å². The number of nitrogens with zero attached hydrogens (tertiary/aromatic N) is 1. The number of carbonyl (C=O) groups excluding carboxylic acids is 3. The van der Waals surface area contributed by atoms with Crippen molar-refractivity contribution in [3.05, 3.63) is 58.4 Å². The summed E-state index contributed by atoms with van der Waals surface area (Å²) in [7, 11) is -3.16. The molecule has 32 heavy (non-hydrogen) atoms. The summed E-state index contributed by atoms with van der Waals surface area (Å²) in [4.78, 5) is 39.3. The van der Waals surface area contributed by atoms with Gasteiger partial charge in [-0.2, -0.15) is 0 Å². The SMILES string of the molecule is CCOCCCNC(=O)c1ccc(S(=O)(=O)NC(=O)c2ccc(C(=O)OC)nc2)c(Cl)c1. The molecule has 2 amide bonds. The van der Waals surface area contributed by atoms with Gasteiger partial charge in [0.1, 0.15) is 10.6 Å². The molecule has 2 N–H and O–H groups in total. The van der Waals surface area contributed by atoms with Crippen LogP contribution < -0.4 is 10.0 Å². The van der Waals surface area contributed by atoms with Gasteiger partial charge in [-0.1, -0.05) is 11.6 Å². The Morgan fingerprint density at radius 2 is 1.81 bits per heavy atom.